The van der Waals surface area contributed by atoms with E-state index in [1.165, 1.54) is 36.7 Å². The number of benzene rings is 1. The van der Waals surface area contributed by atoms with Crippen molar-refractivity contribution in [3.63, 3.8) is 0 Å². The fourth-order valence-corrected chi connectivity index (χ4v) is 9.01. The molecule has 2 fully saturated rings. The van der Waals surface area contributed by atoms with Gasteiger partial charge in [0.05, 0.1) is 0 Å². The minimum Gasteiger partial charge on any atom is -0.429 e. The van der Waals surface area contributed by atoms with Gasteiger partial charge in [0.15, 0.2) is 17.4 Å². The summed E-state index contributed by atoms with van der Waals surface area (Å²) in [5, 5.41) is 0. The molecule has 0 radical (unpaired) electrons. The van der Waals surface area contributed by atoms with E-state index in [0.29, 0.717) is 11.5 Å². The second-order valence-corrected chi connectivity index (χ2v) is 11.8. The summed E-state index contributed by atoms with van der Waals surface area (Å²) in [7, 11) is -0.639. The molecule has 0 amide bonds. The van der Waals surface area contributed by atoms with Gasteiger partial charge in [-0.15, -0.1) is 0 Å². The lowest BCUT2D eigenvalue weighted by molar-refractivity contribution is -0.0547. The van der Waals surface area contributed by atoms with Gasteiger partial charge in [-0.2, -0.15) is 8.78 Å². The largest absolute Gasteiger partial charge is 0.429 e. The van der Waals surface area contributed by atoms with Crippen LogP contribution in [0.1, 0.15) is 63.9 Å². The Morgan fingerprint density at radius 3 is 2.19 bits per heavy atom. The van der Waals surface area contributed by atoms with Crippen molar-refractivity contribution >= 4 is 8.80 Å². The number of halogens is 4. The third kappa shape index (κ3) is 4.52. The molecule has 0 spiro atoms. The first kappa shape index (κ1) is 20.7. The molecule has 0 N–H and O–H groups in total. The quantitative estimate of drug-likeness (QED) is 0.375. The summed E-state index contributed by atoms with van der Waals surface area (Å²) < 4.78 is 57.8. The van der Waals surface area contributed by atoms with Gasteiger partial charge in [-0.3, -0.25) is 0 Å². The maximum atomic E-state index is 14.4. The van der Waals surface area contributed by atoms with Crippen molar-refractivity contribution in [3.05, 3.63) is 29.3 Å². The molecule has 1 heterocycles. The highest BCUT2D eigenvalue weighted by Gasteiger charge is 2.43. The van der Waals surface area contributed by atoms with Gasteiger partial charge >= 0.3 is 6.61 Å². The smallest absolute Gasteiger partial charge is 0.387 e. The fourth-order valence-electron chi connectivity index (χ4n) is 5.58. The molecule has 0 atom stereocenters. The highest BCUT2D eigenvalue weighted by atomic mass is 28.3. The Morgan fingerprint density at radius 1 is 1.07 bits per heavy atom. The molecule has 152 valence electrons. The van der Waals surface area contributed by atoms with E-state index in [-0.39, 0.29) is 5.41 Å². The fraction of sp³-hybridized carbons (Fsp3) is 0.714. The van der Waals surface area contributed by atoms with Crippen molar-refractivity contribution in [3.8, 4) is 5.75 Å². The second kappa shape index (κ2) is 8.97. The van der Waals surface area contributed by atoms with Crippen LogP contribution in [-0.2, 0) is 5.41 Å². The van der Waals surface area contributed by atoms with Crippen LogP contribution in [0.4, 0.5) is 17.6 Å². The molecule has 1 aliphatic heterocycles. The summed E-state index contributed by atoms with van der Waals surface area (Å²) in [6, 6.07) is 6.56. The van der Waals surface area contributed by atoms with Crippen LogP contribution in [-0.4, -0.2) is 15.4 Å². The molecular weight excluding hydrogens is 372 g/mol. The number of rotatable bonds is 6. The molecule has 3 rings (SSSR count). The molecule has 1 saturated carbocycles. The zero-order valence-corrected chi connectivity index (χ0v) is 17.2. The van der Waals surface area contributed by atoms with E-state index in [9.17, 15) is 17.6 Å². The van der Waals surface area contributed by atoms with Crippen molar-refractivity contribution in [1.82, 2.24) is 0 Å². The van der Waals surface area contributed by atoms with Crippen molar-refractivity contribution in [2.24, 2.45) is 5.92 Å². The highest BCUT2D eigenvalue weighted by Crippen LogP contribution is 2.51. The lowest BCUT2D eigenvalue weighted by atomic mass is 9.60. The molecule has 0 aromatic heterocycles. The van der Waals surface area contributed by atoms with Gasteiger partial charge in [0.2, 0.25) is 0 Å². The zero-order valence-electron chi connectivity index (χ0n) is 16.1. The van der Waals surface area contributed by atoms with E-state index in [4.69, 9.17) is 0 Å². The van der Waals surface area contributed by atoms with E-state index >= 15 is 0 Å². The molecule has 1 aromatic carbocycles. The van der Waals surface area contributed by atoms with Gasteiger partial charge in [0.1, 0.15) is 0 Å². The van der Waals surface area contributed by atoms with E-state index in [1.54, 1.807) is 0 Å². The predicted molar refractivity (Wildman–Crippen MR) is 102 cm³/mol. The minimum atomic E-state index is -3.23. The maximum Gasteiger partial charge on any atom is 0.387 e. The van der Waals surface area contributed by atoms with Gasteiger partial charge in [-0.1, -0.05) is 63.6 Å². The average Bonchev–Trinajstić information content (AvgIpc) is 2.66. The van der Waals surface area contributed by atoms with Crippen molar-refractivity contribution < 1.29 is 22.3 Å². The Kier molecular flexibility index (Phi) is 6.87. The van der Waals surface area contributed by atoms with Gasteiger partial charge in [-0.05, 0) is 41.9 Å². The molecule has 2 aliphatic rings. The molecular formula is C21H30F4OSi. The highest BCUT2D eigenvalue weighted by molar-refractivity contribution is 6.58. The maximum absolute atomic E-state index is 14.4. The zero-order chi connectivity index (χ0) is 19.4. The van der Waals surface area contributed by atoms with Gasteiger partial charge in [0, 0.05) is 8.80 Å². The summed E-state index contributed by atoms with van der Waals surface area (Å²) in [6.07, 6.45) is 8.70. The van der Waals surface area contributed by atoms with E-state index < -0.39 is 32.8 Å². The van der Waals surface area contributed by atoms with Crippen LogP contribution in [0.3, 0.4) is 0 Å². The lowest BCUT2D eigenvalue weighted by Crippen LogP contribution is -2.40. The summed E-state index contributed by atoms with van der Waals surface area (Å²) in [5.74, 6) is -2.54. The van der Waals surface area contributed by atoms with Gasteiger partial charge in [0.25, 0.3) is 0 Å². The first-order chi connectivity index (χ1) is 13.0. The molecule has 0 unspecified atom stereocenters. The van der Waals surface area contributed by atoms with Crippen LogP contribution in [0.5, 0.6) is 5.75 Å². The molecule has 1 nitrogen and oxygen atoms in total. The molecule has 1 aliphatic carbocycles. The Labute approximate surface area is 161 Å². The van der Waals surface area contributed by atoms with Crippen LogP contribution in [0.2, 0.25) is 18.1 Å². The number of hydrogen-bond donors (Lipinski definition) is 0. The normalized spacial score (nSPS) is 25.6. The minimum absolute atomic E-state index is 0.213. The Hall–Kier alpha value is -1.04. The van der Waals surface area contributed by atoms with Crippen LogP contribution in [0, 0.1) is 17.6 Å². The molecule has 1 saturated heterocycles. The van der Waals surface area contributed by atoms with E-state index in [1.807, 2.05) is 0 Å². The van der Waals surface area contributed by atoms with Crippen LogP contribution >= 0.6 is 0 Å². The van der Waals surface area contributed by atoms with Gasteiger partial charge in [-0.25, -0.2) is 8.78 Å². The van der Waals surface area contributed by atoms with Crippen LogP contribution < -0.4 is 4.74 Å². The van der Waals surface area contributed by atoms with Crippen molar-refractivity contribution in [2.45, 2.75) is 88.4 Å². The average molecular weight is 403 g/mol. The topological polar surface area (TPSA) is 9.23 Å². The monoisotopic (exact) mass is 402 g/mol. The van der Waals surface area contributed by atoms with Gasteiger partial charge < -0.3 is 4.74 Å². The predicted octanol–water partition coefficient (Wildman–Crippen LogP) is 6.82. The number of alkyl halides is 2. The van der Waals surface area contributed by atoms with Crippen LogP contribution in [0.15, 0.2) is 12.1 Å². The lowest BCUT2D eigenvalue weighted by Gasteiger charge is -2.47. The molecule has 1 aromatic rings. The Balaban J connectivity index is 1.89. The Bertz CT molecular complexity index is 600. The first-order valence-corrected chi connectivity index (χ1v) is 12.9. The summed E-state index contributed by atoms with van der Waals surface area (Å²) >= 11 is 0. The molecule has 27 heavy (non-hydrogen) atoms. The first-order valence-electron chi connectivity index (χ1n) is 10.4. The van der Waals surface area contributed by atoms with Crippen LogP contribution in [0.25, 0.3) is 0 Å². The number of hydrogen-bond acceptors (Lipinski definition) is 1. The number of ether oxygens (including phenoxy) is 1. The second-order valence-electron chi connectivity index (χ2n) is 8.37. The third-order valence-electron chi connectivity index (χ3n) is 6.85. The standard InChI is InChI=1S/C21H30F4OSi/c1-2-10-27-11-6-15(7-12-27)21(8-4-3-5-9-21)16-13-17(22)19(18(23)14-16)26-20(24)25/h13-15,20,27H,2-12H2,1H3. The molecule has 0 bridgehead atoms. The van der Waals surface area contributed by atoms with Crippen molar-refractivity contribution in [1.29, 1.82) is 0 Å². The Morgan fingerprint density at radius 2 is 1.67 bits per heavy atom. The summed E-state index contributed by atoms with van der Waals surface area (Å²) in [4.78, 5) is 0. The third-order valence-corrected chi connectivity index (χ3v) is 10.5. The van der Waals surface area contributed by atoms with Crippen molar-refractivity contribution in [2.75, 3.05) is 0 Å². The summed E-state index contributed by atoms with van der Waals surface area (Å²) in [6.45, 7) is -0.988. The SMILES string of the molecule is CCC[SiH]1CCC(C2(c3cc(F)c(OC(F)F)c(F)c3)CCCCC2)CC1. The summed E-state index contributed by atoms with van der Waals surface area (Å²) in [5.41, 5.74) is 0.439. The molecule has 6 heteroatoms. The van der Waals surface area contributed by atoms with E-state index in [2.05, 4.69) is 11.7 Å². The van der Waals surface area contributed by atoms with E-state index in [0.717, 1.165) is 44.9 Å².